The van der Waals surface area contributed by atoms with Gasteiger partial charge < -0.3 is 28.4 Å². The van der Waals surface area contributed by atoms with Gasteiger partial charge in [-0.1, -0.05) is 93.0 Å². The molecule has 0 aromatic rings. The van der Waals surface area contributed by atoms with Crippen LogP contribution in [0.25, 0.3) is 0 Å². The Hall–Kier alpha value is -3.18. The van der Waals surface area contributed by atoms with Crippen molar-refractivity contribution in [3.05, 3.63) is 0 Å². The summed E-state index contributed by atoms with van der Waals surface area (Å²) >= 11 is 0. The molecule has 0 N–H and O–H groups in total. The standard InChI is InChI=1S/C12H20O4.C11H18O4.C9H14O4.6CH4/c1-6-11(2,3)10(14)16-8-9(13)15-7-12(8,4)5;1-5-11(3,4)10(13)15-8-7(2)6-14-9(8)12;1-3-6(2)9(11)13-7-4-8(10)12-5-7;;;;;;/h8H,6-7H2,1-5H3;7-8H,5-6H2,1-4H3;6-7H,3-5H2,1-2H3;6*1H4. The zero-order valence-electron chi connectivity index (χ0n) is 28.2. The summed E-state index contributed by atoms with van der Waals surface area (Å²) in [5.41, 5.74) is -1.53. The quantitative estimate of drug-likeness (QED) is 0.166. The lowest BCUT2D eigenvalue weighted by Gasteiger charge is -2.27. The van der Waals surface area contributed by atoms with E-state index >= 15 is 0 Å². The summed E-state index contributed by atoms with van der Waals surface area (Å²) in [6.45, 7) is 21.2. The van der Waals surface area contributed by atoms with Gasteiger partial charge in [0.05, 0.1) is 29.8 Å². The van der Waals surface area contributed by atoms with Gasteiger partial charge in [0, 0.05) is 11.3 Å². The Bertz CT molecular complexity index is 1050. The van der Waals surface area contributed by atoms with Crippen molar-refractivity contribution < 1.29 is 57.2 Å². The first-order chi connectivity index (χ1) is 20.2. The molecule has 0 radical (unpaired) electrons. The lowest BCUT2D eigenvalue weighted by Crippen LogP contribution is -2.39. The number of ether oxygens (including phenoxy) is 6. The molecular weight excluding hydrogens is 648 g/mol. The Morgan fingerprint density at radius 2 is 1.24 bits per heavy atom. The fourth-order valence-corrected chi connectivity index (χ4v) is 3.56. The normalized spacial score (nSPS) is 21.8. The van der Waals surface area contributed by atoms with E-state index < -0.39 is 40.4 Å². The van der Waals surface area contributed by atoms with Crippen molar-refractivity contribution in [1.29, 1.82) is 0 Å². The van der Waals surface area contributed by atoms with Crippen LogP contribution in [0.4, 0.5) is 0 Å². The fourth-order valence-electron chi connectivity index (χ4n) is 3.56. The molecule has 3 rings (SSSR count). The minimum Gasteiger partial charge on any atom is -0.462 e. The fraction of sp³-hybridized carbons (Fsp3) is 0.842. The van der Waals surface area contributed by atoms with Gasteiger partial charge >= 0.3 is 35.8 Å². The first-order valence-corrected chi connectivity index (χ1v) is 15.3. The number of rotatable bonds is 9. The zero-order valence-corrected chi connectivity index (χ0v) is 28.2. The number of carbonyl (C=O) groups excluding carboxylic acids is 6. The first-order valence-electron chi connectivity index (χ1n) is 15.3. The van der Waals surface area contributed by atoms with Crippen molar-refractivity contribution in [2.24, 2.45) is 28.1 Å². The highest BCUT2D eigenvalue weighted by Gasteiger charge is 2.48. The van der Waals surface area contributed by atoms with Gasteiger partial charge in [-0.25, -0.2) is 9.59 Å². The maximum atomic E-state index is 11.9. The Morgan fingerprint density at radius 3 is 1.58 bits per heavy atom. The predicted molar refractivity (Wildman–Crippen MR) is 198 cm³/mol. The second kappa shape index (κ2) is 24.9. The molecule has 3 aliphatic rings. The second-order valence-electron chi connectivity index (χ2n) is 13.5. The van der Waals surface area contributed by atoms with E-state index in [0.717, 1.165) is 6.42 Å². The molecule has 0 aromatic carbocycles. The zero-order chi connectivity index (χ0) is 34.0. The average molecular weight is 725 g/mol. The largest absolute Gasteiger partial charge is 0.462 e. The molecule has 3 heterocycles. The van der Waals surface area contributed by atoms with Crippen LogP contribution in [-0.4, -0.2) is 73.9 Å². The van der Waals surface area contributed by atoms with Crippen LogP contribution in [0.2, 0.25) is 0 Å². The predicted octanol–water partition coefficient (Wildman–Crippen LogP) is 8.15. The van der Waals surface area contributed by atoms with Crippen molar-refractivity contribution in [3.63, 3.8) is 0 Å². The Morgan fingerprint density at radius 1 is 0.760 bits per heavy atom. The third-order valence-electron chi connectivity index (χ3n) is 8.20. The molecule has 3 saturated heterocycles. The summed E-state index contributed by atoms with van der Waals surface area (Å²) < 4.78 is 29.9. The van der Waals surface area contributed by atoms with E-state index in [1.807, 2.05) is 55.4 Å². The van der Waals surface area contributed by atoms with Crippen LogP contribution in [0, 0.1) is 28.1 Å². The molecule has 5 unspecified atom stereocenters. The van der Waals surface area contributed by atoms with Crippen molar-refractivity contribution >= 4 is 35.8 Å². The van der Waals surface area contributed by atoms with Crippen LogP contribution in [0.1, 0.15) is 146 Å². The van der Waals surface area contributed by atoms with Gasteiger partial charge in [0.1, 0.15) is 19.3 Å². The number of cyclic esters (lactones) is 3. The second-order valence-corrected chi connectivity index (χ2v) is 13.5. The summed E-state index contributed by atoms with van der Waals surface area (Å²) in [4.78, 5) is 68.2. The molecule has 0 aliphatic carbocycles. The molecular formula is C38H76O12. The summed E-state index contributed by atoms with van der Waals surface area (Å²) in [5.74, 6) is -2.22. The highest BCUT2D eigenvalue weighted by Crippen LogP contribution is 2.33. The molecule has 50 heavy (non-hydrogen) atoms. The SMILES string of the molecule is C.C.C.C.C.C.CCC(C)(C)C(=O)OC1C(=O)OCC1(C)C.CCC(C)(C)C(=O)OC1C(=O)OCC1C.CCC(C)C(=O)OC1COC(=O)C1. The van der Waals surface area contributed by atoms with Gasteiger partial charge in [-0.2, -0.15) is 0 Å². The molecule has 5 atom stereocenters. The minimum absolute atomic E-state index is 0. The Labute approximate surface area is 305 Å². The van der Waals surface area contributed by atoms with Crippen molar-refractivity contribution in [2.75, 3.05) is 19.8 Å². The monoisotopic (exact) mass is 725 g/mol. The van der Waals surface area contributed by atoms with E-state index in [0.29, 0.717) is 26.1 Å². The Kier molecular flexibility index (Phi) is 29.4. The molecule has 12 heteroatoms. The van der Waals surface area contributed by atoms with E-state index in [1.165, 1.54) is 0 Å². The molecule has 300 valence electrons. The maximum absolute atomic E-state index is 11.9. The molecule has 0 aromatic heterocycles. The smallest absolute Gasteiger partial charge is 0.348 e. The number of hydrogen-bond donors (Lipinski definition) is 0. The molecule has 12 nitrogen and oxygen atoms in total. The summed E-state index contributed by atoms with van der Waals surface area (Å²) in [6, 6.07) is 0. The van der Waals surface area contributed by atoms with Crippen molar-refractivity contribution in [3.8, 4) is 0 Å². The van der Waals surface area contributed by atoms with E-state index in [-0.39, 0.29) is 99.4 Å². The van der Waals surface area contributed by atoms with Crippen LogP contribution in [-0.2, 0) is 57.2 Å². The Balaban J connectivity index is -0.000000138. The average Bonchev–Trinajstić information content (AvgIpc) is 3.60. The van der Waals surface area contributed by atoms with E-state index in [2.05, 4.69) is 4.74 Å². The lowest BCUT2D eigenvalue weighted by atomic mass is 9.88. The van der Waals surface area contributed by atoms with Gasteiger partial charge in [-0.15, -0.1) is 0 Å². The lowest BCUT2D eigenvalue weighted by molar-refractivity contribution is -0.170. The molecule has 0 saturated carbocycles. The van der Waals surface area contributed by atoms with Crippen LogP contribution in [0.15, 0.2) is 0 Å². The summed E-state index contributed by atoms with van der Waals surface area (Å²) in [6.07, 6.45) is 0.446. The van der Waals surface area contributed by atoms with Crippen LogP contribution < -0.4 is 0 Å². The van der Waals surface area contributed by atoms with Gasteiger partial charge in [0.2, 0.25) is 12.2 Å². The van der Waals surface area contributed by atoms with Gasteiger partial charge in [-0.3, -0.25) is 19.2 Å². The van der Waals surface area contributed by atoms with E-state index in [4.69, 9.17) is 23.7 Å². The van der Waals surface area contributed by atoms with E-state index in [9.17, 15) is 28.8 Å². The first kappa shape index (κ1) is 59.0. The molecule has 3 fully saturated rings. The van der Waals surface area contributed by atoms with Crippen molar-refractivity contribution in [1.82, 2.24) is 0 Å². The minimum atomic E-state index is -0.772. The summed E-state index contributed by atoms with van der Waals surface area (Å²) in [5, 5.41) is 0. The van der Waals surface area contributed by atoms with Crippen LogP contribution in [0.5, 0.6) is 0 Å². The number of esters is 6. The number of carbonyl (C=O) groups is 6. The summed E-state index contributed by atoms with van der Waals surface area (Å²) in [7, 11) is 0. The van der Waals surface area contributed by atoms with Gasteiger partial charge in [0.25, 0.3) is 0 Å². The van der Waals surface area contributed by atoms with Crippen LogP contribution >= 0.6 is 0 Å². The van der Waals surface area contributed by atoms with Gasteiger partial charge in [0.15, 0.2) is 0 Å². The third-order valence-corrected chi connectivity index (χ3v) is 8.20. The topological polar surface area (TPSA) is 158 Å². The molecule has 0 spiro atoms. The highest BCUT2D eigenvalue weighted by molar-refractivity contribution is 5.84. The van der Waals surface area contributed by atoms with Crippen molar-refractivity contribution in [2.45, 2.75) is 165 Å². The van der Waals surface area contributed by atoms with Crippen LogP contribution in [0.3, 0.4) is 0 Å². The number of hydrogen-bond acceptors (Lipinski definition) is 12. The highest BCUT2D eigenvalue weighted by atomic mass is 16.6. The van der Waals surface area contributed by atoms with Gasteiger partial charge in [-0.05, 0) is 47.0 Å². The third kappa shape index (κ3) is 17.2. The molecule has 0 bridgehead atoms. The molecule has 3 aliphatic heterocycles. The maximum Gasteiger partial charge on any atom is 0.348 e. The van der Waals surface area contributed by atoms with E-state index in [1.54, 1.807) is 20.8 Å². The molecule has 0 amide bonds.